The van der Waals surface area contributed by atoms with Crippen LogP contribution in [0.5, 0.6) is 0 Å². The summed E-state index contributed by atoms with van der Waals surface area (Å²) in [6, 6.07) is 13.5. The summed E-state index contributed by atoms with van der Waals surface area (Å²) in [5.41, 5.74) is 0.731. The van der Waals surface area contributed by atoms with Gasteiger partial charge in [0.2, 0.25) is 0 Å². The van der Waals surface area contributed by atoms with Gasteiger partial charge in [0.25, 0.3) is 10.0 Å². The largest absolute Gasteiger partial charge is 0.467 e. The number of sulfonamides is 1. The molecule has 1 aliphatic rings. The van der Waals surface area contributed by atoms with Gasteiger partial charge in [-0.15, -0.1) is 0 Å². The predicted octanol–water partition coefficient (Wildman–Crippen LogP) is 2.23. The van der Waals surface area contributed by atoms with Crippen molar-refractivity contribution in [1.82, 2.24) is 14.6 Å². The molecule has 3 aromatic rings. The zero-order chi connectivity index (χ0) is 20.6. The van der Waals surface area contributed by atoms with Crippen LogP contribution in [0.15, 0.2) is 71.8 Å². The minimum absolute atomic E-state index is 0.114. The molecule has 1 saturated heterocycles. The minimum Gasteiger partial charge on any atom is -0.467 e. The molecular weight excluding hydrogens is 394 g/mol. The molecule has 0 spiro atoms. The van der Waals surface area contributed by atoms with Crippen LogP contribution < -0.4 is 5.32 Å². The molecule has 1 N–H and O–H groups in total. The molecule has 0 radical (unpaired) electrons. The van der Waals surface area contributed by atoms with Crippen LogP contribution in [0.4, 0.5) is 4.79 Å². The highest BCUT2D eigenvalue weighted by Crippen LogP contribution is 2.36. The number of ether oxygens (including phenoxy) is 1. The Hall–Kier alpha value is -3.46. The highest BCUT2D eigenvalue weighted by molar-refractivity contribution is 7.90. The molecule has 148 valence electrons. The van der Waals surface area contributed by atoms with Gasteiger partial charge < -0.3 is 10.1 Å². The lowest BCUT2D eigenvalue weighted by Crippen LogP contribution is -2.38. The summed E-state index contributed by atoms with van der Waals surface area (Å²) in [4.78, 5) is 29.1. The first kappa shape index (κ1) is 18.9. The molecule has 8 nitrogen and oxygen atoms in total. The van der Waals surface area contributed by atoms with Crippen LogP contribution in [0, 0.1) is 0 Å². The molecule has 0 saturated carbocycles. The lowest BCUT2D eigenvalue weighted by Gasteiger charge is -2.25. The van der Waals surface area contributed by atoms with Crippen molar-refractivity contribution in [1.29, 1.82) is 0 Å². The number of para-hydroxylation sites is 1. The van der Waals surface area contributed by atoms with E-state index in [1.807, 2.05) is 0 Å². The number of rotatable bonds is 4. The van der Waals surface area contributed by atoms with E-state index in [1.165, 1.54) is 19.4 Å². The third-order valence-corrected chi connectivity index (χ3v) is 6.57. The Morgan fingerprint density at radius 1 is 1.07 bits per heavy atom. The SMILES string of the molecule is COC(=O)[C@H]1NC(=O)N(S(=O)(=O)c2cccc3cccnc23)[C@H]1c1ccccc1. The molecule has 29 heavy (non-hydrogen) atoms. The van der Waals surface area contributed by atoms with Crippen LogP contribution in [0.3, 0.4) is 0 Å². The fourth-order valence-electron chi connectivity index (χ4n) is 3.48. The minimum atomic E-state index is -4.34. The van der Waals surface area contributed by atoms with Gasteiger partial charge >= 0.3 is 12.0 Å². The first-order valence-electron chi connectivity index (χ1n) is 8.76. The molecule has 0 aliphatic carbocycles. The van der Waals surface area contributed by atoms with E-state index in [0.29, 0.717) is 15.3 Å². The maximum absolute atomic E-state index is 13.6. The molecule has 2 aromatic carbocycles. The van der Waals surface area contributed by atoms with E-state index in [1.54, 1.807) is 54.6 Å². The Morgan fingerprint density at radius 3 is 2.52 bits per heavy atom. The van der Waals surface area contributed by atoms with Gasteiger partial charge in [0, 0.05) is 11.6 Å². The Kier molecular flexibility index (Phi) is 4.67. The number of urea groups is 1. The highest BCUT2D eigenvalue weighted by Gasteiger charge is 2.51. The van der Waals surface area contributed by atoms with Crippen molar-refractivity contribution in [2.24, 2.45) is 0 Å². The van der Waals surface area contributed by atoms with Gasteiger partial charge in [0.05, 0.1) is 12.6 Å². The van der Waals surface area contributed by atoms with Gasteiger partial charge in [-0.3, -0.25) is 4.98 Å². The summed E-state index contributed by atoms with van der Waals surface area (Å²) in [5.74, 6) is -0.735. The average molecular weight is 411 g/mol. The summed E-state index contributed by atoms with van der Waals surface area (Å²) in [6.45, 7) is 0. The first-order chi connectivity index (χ1) is 13.9. The third kappa shape index (κ3) is 3.09. The van der Waals surface area contributed by atoms with Gasteiger partial charge in [-0.25, -0.2) is 22.3 Å². The Balaban J connectivity index is 1.90. The summed E-state index contributed by atoms with van der Waals surface area (Å²) >= 11 is 0. The number of methoxy groups -OCH3 is 1. The normalized spacial score (nSPS) is 19.2. The quantitative estimate of drug-likeness (QED) is 0.660. The number of carbonyl (C=O) groups excluding carboxylic acids is 2. The topological polar surface area (TPSA) is 106 Å². The van der Waals surface area contributed by atoms with E-state index in [2.05, 4.69) is 10.3 Å². The highest BCUT2D eigenvalue weighted by atomic mass is 32.2. The summed E-state index contributed by atoms with van der Waals surface area (Å²) in [5, 5.41) is 3.06. The average Bonchev–Trinajstić information content (AvgIpc) is 3.11. The van der Waals surface area contributed by atoms with Crippen LogP contribution in [-0.2, 0) is 19.6 Å². The molecule has 1 aliphatic heterocycles. The van der Waals surface area contributed by atoms with Crippen molar-refractivity contribution >= 4 is 32.9 Å². The van der Waals surface area contributed by atoms with Gasteiger partial charge in [-0.1, -0.05) is 48.5 Å². The van der Waals surface area contributed by atoms with E-state index >= 15 is 0 Å². The molecule has 4 rings (SSSR count). The van der Waals surface area contributed by atoms with Crippen LogP contribution in [0.2, 0.25) is 0 Å². The molecular formula is C20H17N3O5S. The molecule has 2 atom stereocenters. The van der Waals surface area contributed by atoms with Gasteiger partial charge in [0.15, 0.2) is 6.04 Å². The van der Waals surface area contributed by atoms with Crippen LogP contribution >= 0.6 is 0 Å². The number of esters is 1. The lowest BCUT2D eigenvalue weighted by molar-refractivity contribution is -0.143. The van der Waals surface area contributed by atoms with E-state index in [4.69, 9.17) is 4.74 Å². The van der Waals surface area contributed by atoms with Crippen LogP contribution in [-0.4, -0.2) is 42.9 Å². The molecule has 1 aromatic heterocycles. The maximum atomic E-state index is 13.6. The number of nitrogens with one attached hydrogen (secondary N) is 1. The standard InChI is InChI=1S/C20H17N3O5S/c1-28-19(24)17-18(14-7-3-2-4-8-14)23(20(25)22-17)29(26,27)15-11-5-9-13-10-6-12-21-16(13)15/h2-12,17-18H,1H3,(H,22,25)/t17-,18-/m0/s1. The maximum Gasteiger partial charge on any atom is 0.332 e. The molecule has 1 fully saturated rings. The summed E-state index contributed by atoms with van der Waals surface area (Å²) < 4.78 is 32.6. The summed E-state index contributed by atoms with van der Waals surface area (Å²) in [7, 11) is -3.15. The van der Waals surface area contributed by atoms with Crippen molar-refractivity contribution < 1.29 is 22.7 Å². The van der Waals surface area contributed by atoms with Crippen molar-refractivity contribution in [2.45, 2.75) is 17.0 Å². The molecule has 0 unspecified atom stereocenters. The van der Waals surface area contributed by atoms with Gasteiger partial charge in [-0.05, 0) is 17.7 Å². The number of amides is 2. The second-order valence-electron chi connectivity index (χ2n) is 6.44. The monoisotopic (exact) mass is 411 g/mol. The number of nitrogens with zero attached hydrogens (tertiary/aromatic N) is 2. The fourth-order valence-corrected chi connectivity index (χ4v) is 5.17. The lowest BCUT2D eigenvalue weighted by atomic mass is 10.0. The molecule has 2 heterocycles. The van der Waals surface area contributed by atoms with Crippen molar-refractivity contribution in [3.05, 3.63) is 72.4 Å². The van der Waals surface area contributed by atoms with Crippen LogP contribution in [0.1, 0.15) is 11.6 Å². The van der Waals surface area contributed by atoms with E-state index in [-0.39, 0.29) is 10.4 Å². The Morgan fingerprint density at radius 2 is 1.79 bits per heavy atom. The zero-order valence-corrected chi connectivity index (χ0v) is 16.2. The van der Waals surface area contributed by atoms with E-state index < -0.39 is 34.1 Å². The number of pyridine rings is 1. The number of hydrogen-bond donors (Lipinski definition) is 1. The Labute approximate surface area is 167 Å². The number of carbonyl (C=O) groups is 2. The zero-order valence-electron chi connectivity index (χ0n) is 15.3. The number of benzene rings is 2. The van der Waals surface area contributed by atoms with Crippen molar-refractivity contribution in [3.8, 4) is 0 Å². The molecule has 0 bridgehead atoms. The van der Waals surface area contributed by atoms with E-state index in [9.17, 15) is 18.0 Å². The van der Waals surface area contributed by atoms with Crippen LogP contribution in [0.25, 0.3) is 10.9 Å². The molecule has 9 heteroatoms. The second-order valence-corrected chi connectivity index (χ2v) is 8.22. The summed E-state index contributed by atoms with van der Waals surface area (Å²) in [6.07, 6.45) is 1.48. The molecule has 2 amide bonds. The fraction of sp³-hybridized carbons (Fsp3) is 0.150. The number of aromatic nitrogens is 1. The second kappa shape index (κ2) is 7.17. The van der Waals surface area contributed by atoms with Gasteiger partial charge in [0.1, 0.15) is 10.9 Å². The van der Waals surface area contributed by atoms with Crippen molar-refractivity contribution in [2.75, 3.05) is 7.11 Å². The Bertz CT molecular complexity index is 1190. The third-order valence-electron chi connectivity index (χ3n) is 4.78. The van der Waals surface area contributed by atoms with Crippen molar-refractivity contribution in [3.63, 3.8) is 0 Å². The van der Waals surface area contributed by atoms with Gasteiger partial charge in [-0.2, -0.15) is 0 Å². The smallest absolute Gasteiger partial charge is 0.332 e. The predicted molar refractivity (Wildman–Crippen MR) is 104 cm³/mol. The number of hydrogen-bond acceptors (Lipinski definition) is 6. The first-order valence-corrected chi connectivity index (χ1v) is 10.2. The van der Waals surface area contributed by atoms with E-state index in [0.717, 1.165) is 0 Å². The number of fused-ring (bicyclic) bond motifs is 1.